The van der Waals surface area contributed by atoms with Gasteiger partial charge in [0, 0.05) is 50.5 Å². The van der Waals surface area contributed by atoms with Gasteiger partial charge in [-0.1, -0.05) is 0 Å². The SMILES string of the molecule is Fc1ccc(-c2ccc(N[C@@H]3[C@@H]4CN(CC5CCOCC5)C[C@@H]43)nn2)c(F)c1. The molecule has 7 heteroatoms. The van der Waals surface area contributed by atoms with Crippen molar-refractivity contribution in [2.24, 2.45) is 17.8 Å². The molecule has 0 radical (unpaired) electrons. The number of piperidine rings is 1. The van der Waals surface area contributed by atoms with E-state index < -0.39 is 11.6 Å². The zero-order chi connectivity index (χ0) is 19.1. The first-order valence-corrected chi connectivity index (χ1v) is 10.0. The third kappa shape index (κ3) is 3.61. The van der Waals surface area contributed by atoms with E-state index in [4.69, 9.17) is 4.74 Å². The summed E-state index contributed by atoms with van der Waals surface area (Å²) in [7, 11) is 0. The van der Waals surface area contributed by atoms with E-state index in [-0.39, 0.29) is 5.56 Å². The lowest BCUT2D eigenvalue weighted by molar-refractivity contribution is 0.0540. The maximum absolute atomic E-state index is 13.9. The van der Waals surface area contributed by atoms with E-state index in [0.29, 0.717) is 29.4 Å². The summed E-state index contributed by atoms with van der Waals surface area (Å²) in [4.78, 5) is 2.59. The lowest BCUT2D eigenvalue weighted by Gasteiger charge is -2.28. The number of benzene rings is 1. The van der Waals surface area contributed by atoms with Crippen molar-refractivity contribution in [1.29, 1.82) is 0 Å². The van der Waals surface area contributed by atoms with E-state index in [2.05, 4.69) is 20.4 Å². The molecule has 1 aliphatic carbocycles. The second-order valence-corrected chi connectivity index (χ2v) is 8.20. The summed E-state index contributed by atoms with van der Waals surface area (Å²) in [5, 5.41) is 11.8. The Labute approximate surface area is 163 Å². The van der Waals surface area contributed by atoms with Crippen molar-refractivity contribution in [2.75, 3.05) is 38.2 Å². The number of aromatic nitrogens is 2. The predicted molar refractivity (Wildman–Crippen MR) is 102 cm³/mol. The summed E-state index contributed by atoms with van der Waals surface area (Å²) < 4.78 is 32.4. The van der Waals surface area contributed by atoms with Gasteiger partial charge < -0.3 is 15.0 Å². The molecule has 28 heavy (non-hydrogen) atoms. The van der Waals surface area contributed by atoms with Gasteiger partial charge in [-0.15, -0.1) is 10.2 Å². The minimum Gasteiger partial charge on any atom is -0.381 e. The molecule has 5 nitrogen and oxygen atoms in total. The minimum absolute atomic E-state index is 0.257. The van der Waals surface area contributed by atoms with Crippen LogP contribution in [0.5, 0.6) is 0 Å². The molecule has 5 rings (SSSR count). The van der Waals surface area contributed by atoms with Crippen LogP contribution in [-0.4, -0.2) is 54.0 Å². The molecule has 1 aromatic carbocycles. The monoisotopic (exact) mass is 386 g/mol. The van der Waals surface area contributed by atoms with Gasteiger partial charge in [-0.3, -0.25) is 0 Å². The Morgan fingerprint density at radius 1 is 1.04 bits per heavy atom. The van der Waals surface area contributed by atoms with Crippen molar-refractivity contribution >= 4 is 5.82 Å². The van der Waals surface area contributed by atoms with Crippen LogP contribution in [0.25, 0.3) is 11.3 Å². The summed E-state index contributed by atoms with van der Waals surface area (Å²) in [5.74, 6) is 1.62. The molecule has 148 valence electrons. The highest BCUT2D eigenvalue weighted by molar-refractivity contribution is 5.60. The van der Waals surface area contributed by atoms with Crippen molar-refractivity contribution in [3.8, 4) is 11.3 Å². The second kappa shape index (κ2) is 7.37. The van der Waals surface area contributed by atoms with Crippen LogP contribution in [0.1, 0.15) is 12.8 Å². The van der Waals surface area contributed by atoms with Crippen molar-refractivity contribution < 1.29 is 13.5 Å². The molecule has 2 aromatic rings. The van der Waals surface area contributed by atoms with Gasteiger partial charge >= 0.3 is 0 Å². The normalized spacial score (nSPS) is 27.6. The van der Waals surface area contributed by atoms with Crippen molar-refractivity contribution in [3.05, 3.63) is 42.0 Å². The molecule has 1 aromatic heterocycles. The smallest absolute Gasteiger partial charge is 0.148 e. The van der Waals surface area contributed by atoms with E-state index in [1.54, 1.807) is 6.07 Å². The number of anilines is 1. The average molecular weight is 386 g/mol. The van der Waals surface area contributed by atoms with Crippen molar-refractivity contribution in [3.63, 3.8) is 0 Å². The molecule has 0 unspecified atom stereocenters. The van der Waals surface area contributed by atoms with Crippen LogP contribution in [0.15, 0.2) is 30.3 Å². The summed E-state index contributed by atoms with van der Waals surface area (Å²) in [5.41, 5.74) is 0.661. The number of rotatable bonds is 5. The molecule has 0 spiro atoms. The topological polar surface area (TPSA) is 50.3 Å². The molecule has 0 bridgehead atoms. The molecular weight excluding hydrogens is 362 g/mol. The van der Waals surface area contributed by atoms with Gasteiger partial charge in [0.25, 0.3) is 0 Å². The maximum atomic E-state index is 13.9. The number of ether oxygens (including phenoxy) is 1. The third-order valence-electron chi connectivity index (χ3n) is 6.31. The van der Waals surface area contributed by atoms with E-state index in [0.717, 1.165) is 38.3 Å². The highest BCUT2D eigenvalue weighted by Gasteiger charge is 2.55. The van der Waals surface area contributed by atoms with Gasteiger partial charge in [-0.05, 0) is 54.9 Å². The van der Waals surface area contributed by atoms with E-state index in [9.17, 15) is 8.78 Å². The second-order valence-electron chi connectivity index (χ2n) is 8.20. The van der Waals surface area contributed by atoms with E-state index in [1.807, 2.05) is 6.07 Å². The molecule has 3 heterocycles. The summed E-state index contributed by atoms with van der Waals surface area (Å²) in [6.07, 6.45) is 2.37. The predicted octanol–water partition coefficient (Wildman–Crippen LogP) is 3.19. The molecule has 1 saturated carbocycles. The molecule has 3 fully saturated rings. The van der Waals surface area contributed by atoms with Crippen LogP contribution in [-0.2, 0) is 4.74 Å². The Balaban J connectivity index is 1.14. The Hall–Kier alpha value is -2.12. The van der Waals surface area contributed by atoms with E-state index in [1.165, 1.54) is 31.5 Å². The van der Waals surface area contributed by atoms with Gasteiger partial charge in [-0.25, -0.2) is 8.78 Å². The van der Waals surface area contributed by atoms with Crippen LogP contribution in [0, 0.1) is 29.4 Å². The fourth-order valence-corrected chi connectivity index (χ4v) is 4.69. The first-order chi connectivity index (χ1) is 13.7. The molecule has 3 atom stereocenters. The van der Waals surface area contributed by atoms with Gasteiger partial charge in [0.15, 0.2) is 0 Å². The van der Waals surface area contributed by atoms with Crippen molar-refractivity contribution in [2.45, 2.75) is 18.9 Å². The highest BCUT2D eigenvalue weighted by atomic mass is 19.1. The molecule has 3 aliphatic rings. The maximum Gasteiger partial charge on any atom is 0.148 e. The molecular formula is C21H24F2N4O. The van der Waals surface area contributed by atoms with E-state index >= 15 is 0 Å². The quantitative estimate of drug-likeness (QED) is 0.855. The lowest BCUT2D eigenvalue weighted by atomic mass is 10.00. The van der Waals surface area contributed by atoms with Gasteiger partial charge in [-0.2, -0.15) is 0 Å². The fraction of sp³-hybridized carbons (Fsp3) is 0.524. The lowest BCUT2D eigenvalue weighted by Crippen LogP contribution is -2.34. The Morgan fingerprint density at radius 3 is 2.50 bits per heavy atom. The summed E-state index contributed by atoms with van der Waals surface area (Å²) in [6.45, 7) is 5.30. The average Bonchev–Trinajstić information content (AvgIpc) is 3.14. The van der Waals surface area contributed by atoms with Gasteiger partial charge in [0.2, 0.25) is 0 Å². The highest BCUT2D eigenvalue weighted by Crippen LogP contribution is 2.47. The number of hydrogen-bond acceptors (Lipinski definition) is 5. The molecule has 1 N–H and O–H groups in total. The first kappa shape index (κ1) is 17.9. The third-order valence-corrected chi connectivity index (χ3v) is 6.31. The number of nitrogens with zero attached hydrogens (tertiary/aromatic N) is 3. The zero-order valence-electron chi connectivity index (χ0n) is 15.7. The zero-order valence-corrected chi connectivity index (χ0v) is 15.7. The Kier molecular flexibility index (Phi) is 4.72. The fourth-order valence-electron chi connectivity index (χ4n) is 4.69. The van der Waals surface area contributed by atoms with Crippen molar-refractivity contribution in [1.82, 2.24) is 15.1 Å². The number of hydrogen-bond donors (Lipinski definition) is 1. The van der Waals surface area contributed by atoms with Crippen LogP contribution in [0.4, 0.5) is 14.6 Å². The van der Waals surface area contributed by atoms with Crippen LogP contribution >= 0.6 is 0 Å². The number of likely N-dealkylation sites (tertiary alicyclic amines) is 1. The van der Waals surface area contributed by atoms with Crippen LogP contribution in [0.2, 0.25) is 0 Å². The van der Waals surface area contributed by atoms with Gasteiger partial charge in [0.1, 0.15) is 17.5 Å². The molecule has 2 aliphatic heterocycles. The molecule has 2 saturated heterocycles. The Bertz CT molecular complexity index is 829. The summed E-state index contributed by atoms with van der Waals surface area (Å²) >= 11 is 0. The van der Waals surface area contributed by atoms with Crippen LogP contribution < -0.4 is 5.32 Å². The number of halogens is 2. The molecule has 0 amide bonds. The summed E-state index contributed by atoms with van der Waals surface area (Å²) in [6, 6.07) is 7.47. The van der Waals surface area contributed by atoms with Gasteiger partial charge in [0.05, 0.1) is 5.69 Å². The number of nitrogens with one attached hydrogen (secondary N) is 1. The minimum atomic E-state index is -0.628. The standard InChI is InChI=1S/C21H24F2N4O/c22-14-1-2-15(18(23)9-14)19-3-4-20(26-25-19)24-21-16-11-27(12-17(16)21)10-13-5-7-28-8-6-13/h1-4,9,13,16-17,21H,5-8,10-12H2,(H,24,26)/t16-,17+,21-. The first-order valence-electron chi connectivity index (χ1n) is 10.0. The number of fused-ring (bicyclic) bond motifs is 1. The largest absolute Gasteiger partial charge is 0.381 e. The van der Waals surface area contributed by atoms with Crippen LogP contribution in [0.3, 0.4) is 0 Å². The Morgan fingerprint density at radius 2 is 1.82 bits per heavy atom.